The number of fused-ring (bicyclic) bond motifs is 1. The van der Waals surface area contributed by atoms with E-state index in [1.165, 1.54) is 10.6 Å². The monoisotopic (exact) mass is 364 g/mol. The fourth-order valence-corrected chi connectivity index (χ4v) is 5.00. The zero-order valence-corrected chi connectivity index (χ0v) is 16.4. The summed E-state index contributed by atoms with van der Waals surface area (Å²) in [6, 6.07) is 5.74. The molecule has 0 saturated carbocycles. The Labute approximate surface area is 151 Å². The number of hydrogen-bond acceptors (Lipinski definition) is 3. The lowest BCUT2D eigenvalue weighted by atomic mass is 9.87. The quantitative estimate of drug-likeness (QED) is 0.828. The zero-order chi connectivity index (χ0) is 18.4. The molecule has 3 rings (SSSR count). The van der Waals surface area contributed by atoms with Gasteiger partial charge in [0.25, 0.3) is 5.91 Å². The Morgan fingerprint density at radius 2 is 1.96 bits per heavy atom. The highest BCUT2D eigenvalue weighted by Crippen LogP contribution is 2.33. The van der Waals surface area contributed by atoms with Crippen molar-refractivity contribution in [3.63, 3.8) is 0 Å². The molecule has 0 bridgehead atoms. The van der Waals surface area contributed by atoms with E-state index in [4.69, 9.17) is 0 Å². The second-order valence-electron chi connectivity index (χ2n) is 8.49. The first-order chi connectivity index (χ1) is 11.6. The Bertz CT molecular complexity index is 780. The third-order valence-electron chi connectivity index (χ3n) is 5.07. The molecule has 0 N–H and O–H groups in total. The molecule has 0 spiro atoms. The van der Waals surface area contributed by atoms with Crippen molar-refractivity contribution in [3.8, 4) is 0 Å². The number of rotatable bonds is 3. The summed E-state index contributed by atoms with van der Waals surface area (Å²) in [7, 11) is -3.26. The summed E-state index contributed by atoms with van der Waals surface area (Å²) in [6.45, 7) is 7.91. The molecular weight excluding hydrogens is 336 g/mol. The van der Waals surface area contributed by atoms with Crippen LogP contribution in [0.3, 0.4) is 0 Å². The van der Waals surface area contributed by atoms with Gasteiger partial charge in [0.05, 0.1) is 11.9 Å². The van der Waals surface area contributed by atoms with E-state index in [0.717, 1.165) is 31.4 Å². The van der Waals surface area contributed by atoms with E-state index in [0.29, 0.717) is 30.3 Å². The van der Waals surface area contributed by atoms with E-state index in [-0.39, 0.29) is 11.3 Å². The van der Waals surface area contributed by atoms with Crippen LogP contribution in [0.2, 0.25) is 0 Å². The van der Waals surface area contributed by atoms with Gasteiger partial charge in [0.15, 0.2) is 0 Å². The fraction of sp³-hybridized carbons (Fsp3) is 0.632. The van der Waals surface area contributed by atoms with Crippen molar-refractivity contribution >= 4 is 21.6 Å². The predicted molar refractivity (Wildman–Crippen MR) is 100 cm³/mol. The van der Waals surface area contributed by atoms with Gasteiger partial charge in [-0.2, -0.15) is 0 Å². The first-order valence-electron chi connectivity index (χ1n) is 8.98. The topological polar surface area (TPSA) is 57.7 Å². The second kappa shape index (κ2) is 6.31. The van der Waals surface area contributed by atoms with Gasteiger partial charge < -0.3 is 4.90 Å². The summed E-state index contributed by atoms with van der Waals surface area (Å²) in [5.41, 5.74) is 2.53. The van der Waals surface area contributed by atoms with E-state index in [1.54, 1.807) is 12.1 Å². The van der Waals surface area contributed by atoms with E-state index >= 15 is 0 Å². The van der Waals surface area contributed by atoms with E-state index in [9.17, 15) is 13.2 Å². The Kier molecular flexibility index (Phi) is 4.60. The van der Waals surface area contributed by atoms with Gasteiger partial charge >= 0.3 is 0 Å². The Morgan fingerprint density at radius 3 is 2.60 bits per heavy atom. The molecule has 1 amide bonds. The summed E-state index contributed by atoms with van der Waals surface area (Å²) < 4.78 is 25.1. The highest BCUT2D eigenvalue weighted by atomic mass is 32.2. The summed E-state index contributed by atoms with van der Waals surface area (Å²) in [5.74, 6) is 0.0763. The lowest BCUT2D eigenvalue weighted by Gasteiger charge is -2.30. The third kappa shape index (κ3) is 3.84. The highest BCUT2D eigenvalue weighted by Gasteiger charge is 2.33. The standard InChI is InChI=1S/C19H28N2O3S/c1-19(2,3)13-16-6-5-10-20(16)18(22)15-7-8-17-14(12-15)9-11-21(17)25(4,23)24/h7-8,12,16H,5-6,9-11,13H2,1-4H3. The van der Waals surface area contributed by atoms with E-state index in [2.05, 4.69) is 20.8 Å². The minimum Gasteiger partial charge on any atom is -0.336 e. The number of anilines is 1. The Hall–Kier alpha value is -1.56. The molecule has 2 aliphatic rings. The molecule has 0 aromatic heterocycles. The molecule has 1 saturated heterocycles. The lowest BCUT2D eigenvalue weighted by Crippen LogP contribution is -2.37. The molecule has 1 unspecified atom stereocenters. The molecule has 2 aliphatic heterocycles. The summed E-state index contributed by atoms with van der Waals surface area (Å²) in [6.07, 6.45) is 5.01. The number of nitrogens with zero attached hydrogens (tertiary/aromatic N) is 2. The number of carbonyl (C=O) groups is 1. The van der Waals surface area contributed by atoms with Crippen molar-refractivity contribution in [2.24, 2.45) is 5.41 Å². The van der Waals surface area contributed by atoms with Crippen molar-refractivity contribution in [2.75, 3.05) is 23.7 Å². The number of sulfonamides is 1. The molecule has 25 heavy (non-hydrogen) atoms. The predicted octanol–water partition coefficient (Wildman–Crippen LogP) is 3.05. The van der Waals surface area contributed by atoms with Gasteiger partial charge in [0.1, 0.15) is 0 Å². The maximum absolute atomic E-state index is 13.0. The van der Waals surface area contributed by atoms with Crippen molar-refractivity contribution in [1.29, 1.82) is 0 Å². The Morgan fingerprint density at radius 1 is 1.24 bits per heavy atom. The maximum Gasteiger partial charge on any atom is 0.254 e. The molecule has 2 heterocycles. The maximum atomic E-state index is 13.0. The molecular formula is C19H28N2O3S. The number of hydrogen-bond donors (Lipinski definition) is 0. The average Bonchev–Trinajstić information content (AvgIpc) is 3.09. The van der Waals surface area contributed by atoms with Gasteiger partial charge in [-0.1, -0.05) is 20.8 Å². The normalized spacial score (nSPS) is 20.9. The molecule has 1 aromatic rings. The average molecular weight is 365 g/mol. The molecule has 138 valence electrons. The van der Waals surface area contributed by atoms with Crippen molar-refractivity contribution < 1.29 is 13.2 Å². The molecule has 6 heteroatoms. The van der Waals surface area contributed by atoms with Crippen LogP contribution in [-0.2, 0) is 16.4 Å². The Balaban J connectivity index is 1.82. The smallest absolute Gasteiger partial charge is 0.254 e. The minimum atomic E-state index is -3.26. The second-order valence-corrected chi connectivity index (χ2v) is 10.4. The summed E-state index contributed by atoms with van der Waals surface area (Å²) in [4.78, 5) is 15.0. The van der Waals surface area contributed by atoms with E-state index < -0.39 is 10.0 Å². The fourth-order valence-electron chi connectivity index (χ4n) is 4.04. The number of amides is 1. The molecule has 1 fully saturated rings. The van der Waals surface area contributed by atoms with Gasteiger partial charge in [-0.05, 0) is 54.9 Å². The lowest BCUT2D eigenvalue weighted by molar-refractivity contribution is 0.0704. The van der Waals surface area contributed by atoms with Crippen molar-refractivity contribution in [2.45, 2.75) is 52.5 Å². The van der Waals surface area contributed by atoms with Crippen LogP contribution in [0.1, 0.15) is 56.0 Å². The first-order valence-corrected chi connectivity index (χ1v) is 10.8. The summed E-state index contributed by atoms with van der Waals surface area (Å²) >= 11 is 0. The van der Waals surface area contributed by atoms with Crippen molar-refractivity contribution in [3.05, 3.63) is 29.3 Å². The highest BCUT2D eigenvalue weighted by molar-refractivity contribution is 7.92. The zero-order valence-electron chi connectivity index (χ0n) is 15.6. The molecule has 0 aliphatic carbocycles. The van der Waals surface area contributed by atoms with Crippen LogP contribution in [-0.4, -0.2) is 44.6 Å². The van der Waals surface area contributed by atoms with Crippen LogP contribution in [0.25, 0.3) is 0 Å². The molecule has 1 aromatic carbocycles. The van der Waals surface area contributed by atoms with Crippen LogP contribution >= 0.6 is 0 Å². The number of likely N-dealkylation sites (tertiary alicyclic amines) is 1. The van der Waals surface area contributed by atoms with Crippen LogP contribution in [0, 0.1) is 5.41 Å². The minimum absolute atomic E-state index is 0.0763. The van der Waals surface area contributed by atoms with Gasteiger partial charge in [-0.25, -0.2) is 8.42 Å². The molecule has 0 radical (unpaired) electrons. The number of carbonyl (C=O) groups excluding carboxylic acids is 1. The third-order valence-corrected chi connectivity index (χ3v) is 6.25. The largest absolute Gasteiger partial charge is 0.336 e. The van der Waals surface area contributed by atoms with Crippen LogP contribution in [0.5, 0.6) is 0 Å². The van der Waals surface area contributed by atoms with E-state index in [1.807, 2.05) is 11.0 Å². The molecule has 5 nitrogen and oxygen atoms in total. The van der Waals surface area contributed by atoms with Crippen LogP contribution in [0.15, 0.2) is 18.2 Å². The van der Waals surface area contributed by atoms with Crippen LogP contribution in [0.4, 0.5) is 5.69 Å². The van der Waals surface area contributed by atoms with Crippen molar-refractivity contribution in [1.82, 2.24) is 4.90 Å². The van der Waals surface area contributed by atoms with Crippen LogP contribution < -0.4 is 4.31 Å². The van der Waals surface area contributed by atoms with Gasteiger partial charge in [-0.3, -0.25) is 9.10 Å². The van der Waals surface area contributed by atoms with Gasteiger partial charge in [-0.15, -0.1) is 0 Å². The van der Waals surface area contributed by atoms with Gasteiger partial charge in [0.2, 0.25) is 10.0 Å². The first kappa shape index (κ1) is 18.2. The summed E-state index contributed by atoms with van der Waals surface area (Å²) in [5, 5.41) is 0. The SMILES string of the molecule is CC(C)(C)CC1CCCN1C(=O)c1ccc2c(c1)CCN2S(C)(=O)=O. The number of benzene rings is 1. The molecule has 1 atom stereocenters. The van der Waals surface area contributed by atoms with Gasteiger partial charge in [0, 0.05) is 24.7 Å².